The van der Waals surface area contributed by atoms with Crippen LogP contribution in [0.2, 0.25) is 5.02 Å². The fraction of sp³-hybridized carbons (Fsp3) is 0.360. The van der Waals surface area contributed by atoms with Gasteiger partial charge in [0.15, 0.2) is 0 Å². The Kier molecular flexibility index (Phi) is 6.66. The van der Waals surface area contributed by atoms with E-state index in [-0.39, 0.29) is 24.3 Å². The van der Waals surface area contributed by atoms with E-state index in [1.54, 1.807) is 12.1 Å². The minimum absolute atomic E-state index is 0.0100. The molecule has 0 aliphatic heterocycles. The van der Waals surface area contributed by atoms with E-state index in [9.17, 15) is 9.90 Å². The van der Waals surface area contributed by atoms with E-state index in [2.05, 4.69) is 34.6 Å². The summed E-state index contributed by atoms with van der Waals surface area (Å²) in [6.07, 6.45) is 6.47. The lowest BCUT2D eigenvalue weighted by atomic mass is 9.72. The first-order valence-corrected chi connectivity index (χ1v) is 11.0. The standard InChI is InChI=1S/C25H27ClN2O2/c26-19-9-11-20(12-10-19)28-25(30)22(14-16-29)18-7-5-17(6-8-18)21-13-15-27-24-4-2-1-3-23(21)24/h1-4,9-13,15,17-18,22,29H,5-8,14,16H2,(H,28,30)/t17-,18+,22?. The summed E-state index contributed by atoms with van der Waals surface area (Å²) in [6, 6.07) is 17.6. The minimum atomic E-state index is -0.180. The Morgan fingerprint density at radius 1 is 1.07 bits per heavy atom. The predicted molar refractivity (Wildman–Crippen MR) is 122 cm³/mol. The molecule has 0 bridgehead atoms. The molecule has 1 fully saturated rings. The van der Waals surface area contributed by atoms with Gasteiger partial charge in [-0.2, -0.15) is 0 Å². The number of aromatic nitrogens is 1. The molecule has 4 nitrogen and oxygen atoms in total. The first kappa shape index (κ1) is 20.8. The molecule has 1 aliphatic rings. The lowest BCUT2D eigenvalue weighted by Gasteiger charge is -2.33. The van der Waals surface area contributed by atoms with Gasteiger partial charge in [-0.25, -0.2) is 0 Å². The van der Waals surface area contributed by atoms with Gasteiger partial charge in [0.2, 0.25) is 5.91 Å². The molecular formula is C25H27ClN2O2. The smallest absolute Gasteiger partial charge is 0.227 e. The Labute approximate surface area is 182 Å². The summed E-state index contributed by atoms with van der Waals surface area (Å²) in [6.45, 7) is 0.0215. The molecule has 1 atom stereocenters. The Hall–Kier alpha value is -2.43. The van der Waals surface area contributed by atoms with Crippen molar-refractivity contribution in [3.8, 4) is 0 Å². The summed E-state index contributed by atoms with van der Waals surface area (Å²) in [4.78, 5) is 17.4. The molecule has 1 unspecified atom stereocenters. The number of hydrogen-bond donors (Lipinski definition) is 2. The second kappa shape index (κ2) is 9.59. The molecule has 2 aromatic carbocycles. The number of anilines is 1. The topological polar surface area (TPSA) is 62.2 Å². The van der Waals surface area contributed by atoms with Crippen LogP contribution in [0, 0.1) is 11.8 Å². The van der Waals surface area contributed by atoms with E-state index in [1.807, 2.05) is 24.4 Å². The summed E-state index contributed by atoms with van der Waals surface area (Å²) in [5.74, 6) is 0.585. The average molecular weight is 423 g/mol. The van der Waals surface area contributed by atoms with E-state index >= 15 is 0 Å². The van der Waals surface area contributed by atoms with Gasteiger partial charge in [0.25, 0.3) is 0 Å². The number of fused-ring (bicyclic) bond motifs is 1. The maximum absolute atomic E-state index is 12.9. The number of para-hydroxylation sites is 1. The van der Waals surface area contributed by atoms with Crippen molar-refractivity contribution in [1.82, 2.24) is 4.98 Å². The molecule has 5 heteroatoms. The highest BCUT2D eigenvalue weighted by Crippen LogP contribution is 2.41. The van der Waals surface area contributed by atoms with Gasteiger partial charge in [-0.05, 0) is 85.9 Å². The van der Waals surface area contributed by atoms with Gasteiger partial charge in [0.05, 0.1) is 5.52 Å². The second-order valence-electron chi connectivity index (χ2n) is 8.14. The third-order valence-corrected chi connectivity index (χ3v) is 6.60. The molecule has 0 spiro atoms. The number of rotatable bonds is 6. The van der Waals surface area contributed by atoms with E-state index in [1.165, 1.54) is 10.9 Å². The number of aliphatic hydroxyl groups excluding tert-OH is 1. The number of carbonyl (C=O) groups excluding carboxylic acids is 1. The third kappa shape index (κ3) is 4.66. The van der Waals surface area contributed by atoms with Gasteiger partial charge < -0.3 is 10.4 Å². The molecule has 30 heavy (non-hydrogen) atoms. The lowest BCUT2D eigenvalue weighted by molar-refractivity contribution is -0.122. The van der Waals surface area contributed by atoms with E-state index in [4.69, 9.17) is 11.6 Å². The molecule has 2 N–H and O–H groups in total. The monoisotopic (exact) mass is 422 g/mol. The molecule has 0 radical (unpaired) electrons. The van der Waals surface area contributed by atoms with Gasteiger partial charge in [-0.15, -0.1) is 0 Å². The molecule has 1 amide bonds. The van der Waals surface area contributed by atoms with E-state index < -0.39 is 0 Å². The van der Waals surface area contributed by atoms with Crippen LogP contribution in [0.5, 0.6) is 0 Å². The Balaban J connectivity index is 1.44. The number of pyridine rings is 1. The highest BCUT2D eigenvalue weighted by atomic mass is 35.5. The minimum Gasteiger partial charge on any atom is -0.396 e. The van der Waals surface area contributed by atoms with Crippen molar-refractivity contribution in [2.45, 2.75) is 38.0 Å². The molecule has 1 aromatic heterocycles. The maximum atomic E-state index is 12.9. The zero-order valence-electron chi connectivity index (χ0n) is 16.9. The zero-order valence-corrected chi connectivity index (χ0v) is 17.7. The Morgan fingerprint density at radius 2 is 1.80 bits per heavy atom. The van der Waals surface area contributed by atoms with Crippen molar-refractivity contribution in [1.29, 1.82) is 0 Å². The van der Waals surface area contributed by atoms with E-state index in [0.717, 1.165) is 36.9 Å². The van der Waals surface area contributed by atoms with Gasteiger partial charge >= 0.3 is 0 Å². The summed E-state index contributed by atoms with van der Waals surface area (Å²) in [5, 5.41) is 14.4. The van der Waals surface area contributed by atoms with Crippen LogP contribution in [0.15, 0.2) is 60.8 Å². The zero-order chi connectivity index (χ0) is 20.9. The van der Waals surface area contributed by atoms with Crippen molar-refractivity contribution in [2.75, 3.05) is 11.9 Å². The fourth-order valence-corrected chi connectivity index (χ4v) is 4.92. The third-order valence-electron chi connectivity index (χ3n) is 6.35. The van der Waals surface area contributed by atoms with Gasteiger partial charge in [-0.3, -0.25) is 9.78 Å². The van der Waals surface area contributed by atoms with E-state index in [0.29, 0.717) is 17.4 Å². The van der Waals surface area contributed by atoms with Crippen LogP contribution in [0.4, 0.5) is 5.69 Å². The van der Waals surface area contributed by atoms with Crippen molar-refractivity contribution in [3.63, 3.8) is 0 Å². The molecule has 156 valence electrons. The number of nitrogens with zero attached hydrogens (tertiary/aromatic N) is 1. The lowest BCUT2D eigenvalue weighted by Crippen LogP contribution is -2.32. The molecule has 0 saturated heterocycles. The maximum Gasteiger partial charge on any atom is 0.227 e. The number of hydrogen-bond acceptors (Lipinski definition) is 3. The fourth-order valence-electron chi connectivity index (χ4n) is 4.79. The van der Waals surface area contributed by atoms with Gasteiger partial charge in [0, 0.05) is 34.8 Å². The van der Waals surface area contributed by atoms with Crippen molar-refractivity contribution in [2.24, 2.45) is 11.8 Å². The largest absolute Gasteiger partial charge is 0.396 e. The number of benzene rings is 2. The van der Waals surface area contributed by atoms with Gasteiger partial charge in [-0.1, -0.05) is 29.8 Å². The van der Waals surface area contributed by atoms with Crippen LogP contribution in [0.25, 0.3) is 10.9 Å². The SMILES string of the molecule is O=C(Nc1ccc(Cl)cc1)C(CCO)[C@H]1CC[C@@H](c2ccnc3ccccc32)CC1. The number of carbonyl (C=O) groups is 1. The van der Waals surface area contributed by atoms with Crippen molar-refractivity contribution < 1.29 is 9.90 Å². The summed E-state index contributed by atoms with van der Waals surface area (Å²) < 4.78 is 0. The number of amides is 1. The van der Waals surface area contributed by atoms with Crippen molar-refractivity contribution >= 4 is 34.1 Å². The summed E-state index contributed by atoms with van der Waals surface area (Å²) in [7, 11) is 0. The molecular weight excluding hydrogens is 396 g/mol. The van der Waals surface area contributed by atoms with Crippen LogP contribution in [-0.2, 0) is 4.79 Å². The van der Waals surface area contributed by atoms with Crippen LogP contribution in [0.1, 0.15) is 43.6 Å². The van der Waals surface area contributed by atoms with Gasteiger partial charge in [0.1, 0.15) is 0 Å². The number of halogens is 1. The number of aliphatic hydroxyl groups is 1. The first-order valence-electron chi connectivity index (χ1n) is 10.7. The van der Waals surface area contributed by atoms with Crippen molar-refractivity contribution in [3.05, 3.63) is 71.4 Å². The molecule has 1 heterocycles. The summed E-state index contributed by atoms with van der Waals surface area (Å²) in [5.41, 5.74) is 3.14. The average Bonchev–Trinajstić information content (AvgIpc) is 2.79. The normalized spacial score (nSPS) is 20.1. The van der Waals surface area contributed by atoms with Crippen LogP contribution in [0.3, 0.4) is 0 Å². The highest BCUT2D eigenvalue weighted by molar-refractivity contribution is 6.30. The number of nitrogens with one attached hydrogen (secondary N) is 1. The Morgan fingerprint density at radius 3 is 2.53 bits per heavy atom. The quantitative estimate of drug-likeness (QED) is 0.527. The Bertz CT molecular complexity index is 992. The summed E-state index contributed by atoms with van der Waals surface area (Å²) >= 11 is 5.93. The molecule has 1 aliphatic carbocycles. The molecule has 1 saturated carbocycles. The predicted octanol–water partition coefficient (Wildman–Crippen LogP) is 5.80. The molecule has 3 aromatic rings. The van der Waals surface area contributed by atoms with Crippen LogP contribution in [-0.4, -0.2) is 22.6 Å². The highest BCUT2D eigenvalue weighted by Gasteiger charge is 2.32. The van der Waals surface area contributed by atoms with Crippen LogP contribution < -0.4 is 5.32 Å². The first-order chi connectivity index (χ1) is 14.7. The molecule has 4 rings (SSSR count). The van der Waals surface area contributed by atoms with Crippen LogP contribution >= 0.6 is 11.6 Å². The second-order valence-corrected chi connectivity index (χ2v) is 8.58.